The number of carbonyl (C=O) groups excluding carboxylic acids is 1. The molecule has 0 aromatic carbocycles. The van der Waals surface area contributed by atoms with Gasteiger partial charge in [-0.25, -0.2) is 0 Å². The number of ketones is 1. The molecule has 1 aromatic rings. The number of likely N-dealkylation sites (N-methyl/N-ethyl adjacent to an activating group) is 1. The lowest BCUT2D eigenvalue weighted by Crippen LogP contribution is -2.35. The summed E-state index contributed by atoms with van der Waals surface area (Å²) in [6.07, 6.45) is 0.881. The lowest BCUT2D eigenvalue weighted by molar-refractivity contribution is 0.0424. The highest BCUT2D eigenvalue weighted by Gasteiger charge is 2.14. The van der Waals surface area contributed by atoms with Gasteiger partial charge < -0.3 is 14.3 Å². The number of aliphatic hydroxyl groups is 1. The Morgan fingerprint density at radius 2 is 2.44 bits per heavy atom. The zero-order valence-corrected chi connectivity index (χ0v) is 9.55. The molecule has 0 bridgehead atoms. The Labute approximate surface area is 94.6 Å². The van der Waals surface area contributed by atoms with E-state index in [1.165, 1.54) is 13.4 Å². The molecule has 0 saturated carbocycles. The summed E-state index contributed by atoms with van der Waals surface area (Å²) in [5, 5.41) is 9.46. The first-order valence-corrected chi connectivity index (χ1v) is 5.05. The number of ether oxygens (including phenoxy) is 1. The molecule has 0 aliphatic heterocycles. The molecule has 1 atom stereocenters. The predicted molar refractivity (Wildman–Crippen MR) is 58.4 cm³/mol. The zero-order valence-electron chi connectivity index (χ0n) is 9.55. The van der Waals surface area contributed by atoms with Crippen LogP contribution in [0.4, 0.5) is 0 Å². The summed E-state index contributed by atoms with van der Waals surface area (Å²) in [4.78, 5) is 13.3. The van der Waals surface area contributed by atoms with E-state index >= 15 is 0 Å². The standard InChI is InChI=1S/C11H17NO4/c1-12(6-9(13)8-15-2)7-10(14)11-4-3-5-16-11/h3-5,9,13H,6-8H2,1-2H3. The van der Waals surface area contributed by atoms with Crippen molar-refractivity contribution in [1.29, 1.82) is 0 Å². The molecule has 5 nitrogen and oxygen atoms in total. The normalized spacial score (nSPS) is 13.0. The van der Waals surface area contributed by atoms with Crippen LogP contribution in [-0.4, -0.2) is 55.7 Å². The van der Waals surface area contributed by atoms with Crippen LogP contribution in [0.15, 0.2) is 22.8 Å². The minimum Gasteiger partial charge on any atom is -0.461 e. The van der Waals surface area contributed by atoms with Crippen LogP contribution in [0.5, 0.6) is 0 Å². The smallest absolute Gasteiger partial charge is 0.211 e. The molecule has 1 heterocycles. The van der Waals surface area contributed by atoms with Crippen molar-refractivity contribution in [2.75, 3.05) is 33.9 Å². The SMILES string of the molecule is COCC(O)CN(C)CC(=O)c1ccco1. The number of nitrogens with zero attached hydrogens (tertiary/aromatic N) is 1. The van der Waals surface area contributed by atoms with Crippen LogP contribution >= 0.6 is 0 Å². The maximum absolute atomic E-state index is 11.6. The molecule has 1 aromatic heterocycles. The number of aliphatic hydroxyl groups excluding tert-OH is 1. The lowest BCUT2D eigenvalue weighted by atomic mass is 10.2. The predicted octanol–water partition coefficient (Wildman–Crippen LogP) is 0.401. The van der Waals surface area contributed by atoms with Gasteiger partial charge in [-0.1, -0.05) is 0 Å². The third-order valence-electron chi connectivity index (χ3n) is 2.09. The maximum Gasteiger partial charge on any atom is 0.211 e. The summed E-state index contributed by atoms with van der Waals surface area (Å²) >= 11 is 0. The molecule has 1 unspecified atom stereocenters. The molecular formula is C11H17NO4. The largest absolute Gasteiger partial charge is 0.461 e. The van der Waals surface area contributed by atoms with Gasteiger partial charge in [0.1, 0.15) is 0 Å². The molecule has 0 aliphatic carbocycles. The Morgan fingerprint density at radius 3 is 3.00 bits per heavy atom. The van der Waals surface area contributed by atoms with Gasteiger partial charge in [0, 0.05) is 13.7 Å². The quantitative estimate of drug-likeness (QED) is 0.683. The van der Waals surface area contributed by atoms with Gasteiger partial charge in [-0.2, -0.15) is 0 Å². The van der Waals surface area contributed by atoms with Crippen molar-refractivity contribution >= 4 is 5.78 Å². The number of methoxy groups -OCH3 is 1. The fourth-order valence-corrected chi connectivity index (χ4v) is 1.43. The van der Waals surface area contributed by atoms with Crippen molar-refractivity contribution in [2.24, 2.45) is 0 Å². The molecule has 0 saturated heterocycles. The van der Waals surface area contributed by atoms with Crippen molar-refractivity contribution in [3.05, 3.63) is 24.2 Å². The summed E-state index contributed by atoms with van der Waals surface area (Å²) in [5.41, 5.74) is 0. The summed E-state index contributed by atoms with van der Waals surface area (Å²) < 4.78 is 9.79. The Bertz CT molecular complexity index is 310. The third-order valence-corrected chi connectivity index (χ3v) is 2.09. The van der Waals surface area contributed by atoms with Crippen LogP contribution in [-0.2, 0) is 4.74 Å². The van der Waals surface area contributed by atoms with Gasteiger partial charge in [0.25, 0.3) is 0 Å². The van der Waals surface area contributed by atoms with Gasteiger partial charge in [0.15, 0.2) is 5.76 Å². The van der Waals surface area contributed by atoms with E-state index in [1.54, 1.807) is 24.1 Å². The minimum atomic E-state index is -0.584. The molecule has 0 aliphatic rings. The van der Waals surface area contributed by atoms with Crippen LogP contribution < -0.4 is 0 Å². The van der Waals surface area contributed by atoms with Gasteiger partial charge >= 0.3 is 0 Å². The number of Topliss-reactive ketones (excluding diaryl/α,β-unsaturated/α-hetero) is 1. The topological polar surface area (TPSA) is 62.9 Å². The average Bonchev–Trinajstić information content (AvgIpc) is 2.69. The summed E-state index contributed by atoms with van der Waals surface area (Å²) in [7, 11) is 3.29. The monoisotopic (exact) mass is 227 g/mol. The van der Waals surface area contributed by atoms with Gasteiger partial charge in [-0.15, -0.1) is 0 Å². The summed E-state index contributed by atoms with van der Waals surface area (Å²) in [5.74, 6) is 0.241. The maximum atomic E-state index is 11.6. The summed E-state index contributed by atoms with van der Waals surface area (Å²) in [6.45, 7) is 0.869. The Balaban J connectivity index is 2.34. The second kappa shape index (κ2) is 6.42. The van der Waals surface area contributed by atoms with E-state index in [1.807, 2.05) is 0 Å². The third kappa shape index (κ3) is 4.14. The number of hydrogen-bond acceptors (Lipinski definition) is 5. The first kappa shape index (κ1) is 12.9. The van der Waals surface area contributed by atoms with Crippen molar-refractivity contribution in [3.8, 4) is 0 Å². The summed E-state index contributed by atoms with van der Waals surface area (Å²) in [6, 6.07) is 3.30. The van der Waals surface area contributed by atoms with Crippen molar-refractivity contribution in [3.63, 3.8) is 0 Å². The molecule has 0 fully saturated rings. The van der Waals surface area contributed by atoms with Crippen LogP contribution in [0.3, 0.4) is 0 Å². The molecule has 0 radical (unpaired) electrons. The van der Waals surface area contributed by atoms with Gasteiger partial charge in [-0.05, 0) is 19.2 Å². The highest BCUT2D eigenvalue weighted by molar-refractivity contribution is 5.94. The highest BCUT2D eigenvalue weighted by Crippen LogP contribution is 2.02. The first-order valence-electron chi connectivity index (χ1n) is 5.05. The van der Waals surface area contributed by atoms with Crippen LogP contribution in [0.25, 0.3) is 0 Å². The lowest BCUT2D eigenvalue weighted by Gasteiger charge is -2.18. The molecule has 0 spiro atoms. The molecule has 90 valence electrons. The number of carbonyl (C=O) groups is 1. The zero-order chi connectivity index (χ0) is 12.0. The van der Waals surface area contributed by atoms with Crippen molar-refractivity contribution in [2.45, 2.75) is 6.10 Å². The Morgan fingerprint density at radius 1 is 1.69 bits per heavy atom. The second-order valence-electron chi connectivity index (χ2n) is 3.71. The van der Waals surface area contributed by atoms with Gasteiger partial charge in [0.05, 0.1) is 25.5 Å². The van der Waals surface area contributed by atoms with Crippen molar-refractivity contribution < 1.29 is 19.1 Å². The number of rotatable bonds is 7. The average molecular weight is 227 g/mol. The molecule has 5 heteroatoms. The van der Waals surface area contributed by atoms with E-state index < -0.39 is 6.10 Å². The number of furan rings is 1. The van der Waals surface area contributed by atoms with Crippen LogP contribution in [0.2, 0.25) is 0 Å². The molecule has 1 rings (SSSR count). The van der Waals surface area contributed by atoms with Crippen LogP contribution in [0.1, 0.15) is 10.6 Å². The highest BCUT2D eigenvalue weighted by atomic mass is 16.5. The minimum absolute atomic E-state index is 0.0999. The molecular weight excluding hydrogens is 210 g/mol. The fraction of sp³-hybridized carbons (Fsp3) is 0.545. The number of hydrogen-bond donors (Lipinski definition) is 1. The molecule has 0 amide bonds. The van der Waals surface area contributed by atoms with Gasteiger partial charge in [0.2, 0.25) is 5.78 Å². The van der Waals surface area contributed by atoms with E-state index in [2.05, 4.69) is 0 Å². The first-order chi connectivity index (χ1) is 7.63. The molecule has 16 heavy (non-hydrogen) atoms. The van der Waals surface area contributed by atoms with Crippen LogP contribution in [0, 0.1) is 0 Å². The van der Waals surface area contributed by atoms with E-state index in [0.29, 0.717) is 12.3 Å². The van der Waals surface area contributed by atoms with E-state index in [0.717, 1.165) is 0 Å². The fourth-order valence-electron chi connectivity index (χ4n) is 1.43. The van der Waals surface area contributed by atoms with E-state index in [-0.39, 0.29) is 18.9 Å². The Kier molecular flexibility index (Phi) is 5.18. The van der Waals surface area contributed by atoms with Gasteiger partial charge in [-0.3, -0.25) is 9.69 Å². The van der Waals surface area contributed by atoms with Crippen molar-refractivity contribution in [1.82, 2.24) is 4.90 Å². The molecule has 1 N–H and O–H groups in total. The van der Waals surface area contributed by atoms with E-state index in [4.69, 9.17) is 9.15 Å². The van der Waals surface area contributed by atoms with E-state index in [9.17, 15) is 9.90 Å². The Hall–Kier alpha value is -1.17. The second-order valence-corrected chi connectivity index (χ2v) is 3.71.